The van der Waals surface area contributed by atoms with Crippen LogP contribution in [-0.4, -0.2) is 53.0 Å². The topological polar surface area (TPSA) is 78.7 Å². The molecule has 0 unspecified atom stereocenters. The fourth-order valence-corrected chi connectivity index (χ4v) is 3.43. The first kappa shape index (κ1) is 15.7. The maximum absolute atomic E-state index is 12.3. The van der Waals surface area contributed by atoms with Crippen molar-refractivity contribution in [2.75, 3.05) is 31.5 Å². The Kier molecular flexibility index (Phi) is 4.76. The Morgan fingerprint density at radius 1 is 1.09 bits per heavy atom. The van der Waals surface area contributed by atoms with Gasteiger partial charge in [0.25, 0.3) is 5.69 Å². The fraction of sp³-hybridized carbons (Fsp3) is 0.562. The van der Waals surface area contributed by atoms with Crippen LogP contribution in [0.4, 0.5) is 16.2 Å². The summed E-state index contributed by atoms with van der Waals surface area (Å²) >= 11 is 0. The van der Waals surface area contributed by atoms with Gasteiger partial charge in [-0.1, -0.05) is 12.8 Å². The Hall–Kier alpha value is -2.15. The van der Waals surface area contributed by atoms with Gasteiger partial charge in [-0.25, -0.2) is 4.79 Å². The van der Waals surface area contributed by atoms with E-state index >= 15 is 0 Å². The van der Waals surface area contributed by atoms with Gasteiger partial charge in [-0.15, -0.1) is 0 Å². The zero-order chi connectivity index (χ0) is 16.2. The van der Waals surface area contributed by atoms with Crippen molar-refractivity contribution in [1.82, 2.24) is 9.80 Å². The van der Waals surface area contributed by atoms with Crippen LogP contribution < -0.4 is 5.32 Å². The minimum absolute atomic E-state index is 0.0215. The predicted octanol–water partition coefficient (Wildman–Crippen LogP) is 2.69. The minimum atomic E-state index is -0.451. The molecule has 1 aliphatic carbocycles. The molecule has 2 amide bonds. The maximum Gasteiger partial charge on any atom is 0.321 e. The number of rotatable bonds is 3. The number of amides is 2. The molecule has 124 valence electrons. The van der Waals surface area contributed by atoms with E-state index in [1.807, 2.05) is 4.90 Å². The van der Waals surface area contributed by atoms with E-state index in [1.54, 1.807) is 12.1 Å². The van der Waals surface area contributed by atoms with Gasteiger partial charge in [0.15, 0.2) is 0 Å². The van der Waals surface area contributed by atoms with Crippen LogP contribution in [0.5, 0.6) is 0 Å². The van der Waals surface area contributed by atoms with Gasteiger partial charge in [0.2, 0.25) is 0 Å². The van der Waals surface area contributed by atoms with E-state index in [9.17, 15) is 14.9 Å². The van der Waals surface area contributed by atoms with Gasteiger partial charge in [0.1, 0.15) is 0 Å². The average Bonchev–Trinajstić information content (AvgIpc) is 3.10. The summed E-state index contributed by atoms with van der Waals surface area (Å²) in [4.78, 5) is 26.8. The normalized spacial score (nSPS) is 19.7. The second-order valence-corrected chi connectivity index (χ2v) is 6.20. The van der Waals surface area contributed by atoms with Gasteiger partial charge in [-0.3, -0.25) is 15.0 Å². The smallest absolute Gasteiger partial charge is 0.321 e. The number of nitrogens with zero attached hydrogens (tertiary/aromatic N) is 3. The molecular formula is C16H22N4O3. The molecule has 1 N–H and O–H groups in total. The van der Waals surface area contributed by atoms with Crippen LogP contribution in [0.2, 0.25) is 0 Å². The standard InChI is InChI=1S/C16H22N4O3/c21-16(17-13-5-7-15(8-6-13)20(22)23)19-11-9-18(10-12-19)14-3-1-2-4-14/h5-8,14H,1-4,9-12H2,(H,17,21). The second kappa shape index (κ2) is 6.95. The largest absolute Gasteiger partial charge is 0.322 e. The fourth-order valence-electron chi connectivity index (χ4n) is 3.43. The highest BCUT2D eigenvalue weighted by atomic mass is 16.6. The third kappa shape index (κ3) is 3.79. The van der Waals surface area contributed by atoms with E-state index in [0.717, 1.165) is 26.2 Å². The number of hydrogen-bond donors (Lipinski definition) is 1. The Labute approximate surface area is 135 Å². The maximum atomic E-state index is 12.3. The molecule has 1 saturated heterocycles. The van der Waals surface area contributed by atoms with E-state index in [0.29, 0.717) is 11.7 Å². The molecule has 23 heavy (non-hydrogen) atoms. The number of carbonyl (C=O) groups excluding carboxylic acids is 1. The number of nitrogens with one attached hydrogen (secondary N) is 1. The number of non-ortho nitro benzene ring substituents is 1. The van der Waals surface area contributed by atoms with Crippen LogP contribution in [0.15, 0.2) is 24.3 Å². The van der Waals surface area contributed by atoms with Crippen molar-refractivity contribution in [1.29, 1.82) is 0 Å². The number of anilines is 1. The third-order valence-corrected chi connectivity index (χ3v) is 4.77. The van der Waals surface area contributed by atoms with Gasteiger partial charge in [0.05, 0.1) is 4.92 Å². The van der Waals surface area contributed by atoms with E-state index in [1.165, 1.54) is 37.8 Å². The number of carbonyl (C=O) groups is 1. The van der Waals surface area contributed by atoms with Crippen molar-refractivity contribution in [3.63, 3.8) is 0 Å². The Morgan fingerprint density at radius 3 is 2.26 bits per heavy atom. The minimum Gasteiger partial charge on any atom is -0.322 e. The number of benzene rings is 1. The summed E-state index contributed by atoms with van der Waals surface area (Å²) in [7, 11) is 0. The monoisotopic (exact) mass is 318 g/mol. The molecule has 0 spiro atoms. The Morgan fingerprint density at radius 2 is 1.70 bits per heavy atom. The van der Waals surface area contributed by atoms with Crippen molar-refractivity contribution in [2.45, 2.75) is 31.7 Å². The third-order valence-electron chi connectivity index (χ3n) is 4.77. The number of nitro groups is 1. The molecule has 7 heteroatoms. The van der Waals surface area contributed by atoms with Crippen molar-refractivity contribution in [3.05, 3.63) is 34.4 Å². The lowest BCUT2D eigenvalue weighted by atomic mass is 10.2. The van der Waals surface area contributed by atoms with E-state index in [4.69, 9.17) is 0 Å². The van der Waals surface area contributed by atoms with Crippen molar-refractivity contribution >= 4 is 17.4 Å². The lowest BCUT2D eigenvalue weighted by molar-refractivity contribution is -0.384. The van der Waals surface area contributed by atoms with Gasteiger partial charge < -0.3 is 10.2 Å². The molecule has 0 aromatic heterocycles. The number of piperazine rings is 1. The molecule has 7 nitrogen and oxygen atoms in total. The molecule has 2 aliphatic rings. The van der Waals surface area contributed by atoms with Crippen LogP contribution in [0.25, 0.3) is 0 Å². The first-order valence-electron chi connectivity index (χ1n) is 8.18. The SMILES string of the molecule is O=C(Nc1ccc([N+](=O)[O-])cc1)N1CCN(C2CCCC2)CC1. The summed E-state index contributed by atoms with van der Waals surface area (Å²) in [6, 6.07) is 6.48. The van der Waals surface area contributed by atoms with Gasteiger partial charge >= 0.3 is 6.03 Å². The lowest BCUT2D eigenvalue weighted by Gasteiger charge is -2.38. The summed E-state index contributed by atoms with van der Waals surface area (Å²) in [5.74, 6) is 0. The van der Waals surface area contributed by atoms with Crippen LogP contribution in [0, 0.1) is 10.1 Å². The van der Waals surface area contributed by atoms with Crippen molar-refractivity contribution < 1.29 is 9.72 Å². The van der Waals surface area contributed by atoms with Gasteiger partial charge in [-0.2, -0.15) is 0 Å². The summed E-state index contributed by atoms with van der Waals surface area (Å²) in [5.41, 5.74) is 0.604. The Balaban J connectivity index is 1.50. The first-order chi connectivity index (χ1) is 11.1. The average molecular weight is 318 g/mol. The summed E-state index contributed by atoms with van der Waals surface area (Å²) in [6.07, 6.45) is 5.22. The molecule has 1 aromatic rings. The van der Waals surface area contributed by atoms with Crippen LogP contribution in [-0.2, 0) is 0 Å². The van der Waals surface area contributed by atoms with E-state index in [-0.39, 0.29) is 11.7 Å². The molecule has 3 rings (SSSR count). The van der Waals surface area contributed by atoms with Crippen LogP contribution in [0.1, 0.15) is 25.7 Å². The van der Waals surface area contributed by atoms with Crippen molar-refractivity contribution in [2.24, 2.45) is 0 Å². The molecule has 1 aromatic carbocycles. The molecular weight excluding hydrogens is 296 g/mol. The highest BCUT2D eigenvalue weighted by Crippen LogP contribution is 2.24. The molecule has 1 aliphatic heterocycles. The molecule has 2 fully saturated rings. The predicted molar refractivity (Wildman–Crippen MR) is 87.5 cm³/mol. The van der Waals surface area contributed by atoms with Crippen LogP contribution in [0.3, 0.4) is 0 Å². The lowest BCUT2D eigenvalue weighted by Crippen LogP contribution is -2.52. The zero-order valence-electron chi connectivity index (χ0n) is 13.1. The number of urea groups is 1. The summed E-state index contributed by atoms with van der Waals surface area (Å²) in [5, 5.41) is 13.4. The highest BCUT2D eigenvalue weighted by molar-refractivity contribution is 5.89. The molecule has 0 bridgehead atoms. The second-order valence-electron chi connectivity index (χ2n) is 6.20. The summed E-state index contributed by atoms with van der Waals surface area (Å²) in [6.45, 7) is 3.32. The molecule has 1 heterocycles. The van der Waals surface area contributed by atoms with E-state index < -0.39 is 4.92 Å². The highest BCUT2D eigenvalue weighted by Gasteiger charge is 2.27. The van der Waals surface area contributed by atoms with Gasteiger partial charge in [-0.05, 0) is 25.0 Å². The van der Waals surface area contributed by atoms with Crippen molar-refractivity contribution in [3.8, 4) is 0 Å². The number of nitro benzene ring substituents is 1. The van der Waals surface area contributed by atoms with E-state index in [2.05, 4.69) is 10.2 Å². The number of hydrogen-bond acceptors (Lipinski definition) is 4. The van der Waals surface area contributed by atoms with Gasteiger partial charge in [0, 0.05) is 50.0 Å². The Bertz CT molecular complexity index is 561. The quantitative estimate of drug-likeness (QED) is 0.686. The van der Waals surface area contributed by atoms with Crippen LogP contribution >= 0.6 is 0 Å². The first-order valence-corrected chi connectivity index (χ1v) is 8.18. The zero-order valence-corrected chi connectivity index (χ0v) is 13.1. The molecule has 1 saturated carbocycles. The molecule has 0 radical (unpaired) electrons. The summed E-state index contributed by atoms with van der Waals surface area (Å²) < 4.78 is 0. The molecule has 0 atom stereocenters.